The van der Waals surface area contributed by atoms with E-state index < -0.39 is 12.8 Å². The van der Waals surface area contributed by atoms with Gasteiger partial charge in [0.25, 0.3) is 0 Å². The Morgan fingerprint density at radius 3 is 2.62 bits per heavy atom. The van der Waals surface area contributed by atoms with Crippen molar-refractivity contribution in [2.75, 3.05) is 19.9 Å². The third kappa shape index (κ3) is 3.99. The molecule has 50 valence electrons. The van der Waals surface area contributed by atoms with Crippen molar-refractivity contribution in [3.63, 3.8) is 0 Å². The normalized spacial score (nSPS) is 13.9. The molecule has 1 nitrogen and oxygen atoms in total. The molecule has 0 fully saturated rings. The molecule has 0 aliphatic heterocycles. The highest BCUT2D eigenvalue weighted by Gasteiger charge is 2.02. The number of ether oxygens (including phenoxy) is 1. The Balaban J connectivity index is 2.86. The van der Waals surface area contributed by atoms with Crippen molar-refractivity contribution in [3.05, 3.63) is 0 Å². The van der Waals surface area contributed by atoms with Gasteiger partial charge in [0, 0.05) is 6.61 Å². The largest absolute Gasteiger partial charge is 0.379 e. The molecule has 0 aliphatic carbocycles. The highest BCUT2D eigenvalue weighted by Crippen LogP contribution is 1.91. The first kappa shape index (κ1) is 7.82. The number of rotatable bonds is 4. The zero-order valence-electron chi connectivity index (χ0n) is 4.86. The predicted octanol–water partition coefficient (Wildman–Crippen LogP) is 1.33. The maximum Gasteiger partial charge on any atom is 0.151 e. The second-order valence-corrected chi connectivity index (χ2v) is 1.41. The van der Waals surface area contributed by atoms with E-state index >= 15 is 0 Å². The Labute approximate surface area is 47.6 Å². The summed E-state index contributed by atoms with van der Waals surface area (Å²) in [4.78, 5) is 0. The van der Waals surface area contributed by atoms with Gasteiger partial charge in [-0.25, -0.2) is 8.78 Å². The van der Waals surface area contributed by atoms with E-state index in [9.17, 15) is 8.78 Å². The van der Waals surface area contributed by atoms with Gasteiger partial charge in [-0.3, -0.25) is 0 Å². The van der Waals surface area contributed by atoms with Gasteiger partial charge in [-0.05, 0) is 6.92 Å². The van der Waals surface area contributed by atoms with Crippen LogP contribution in [0.5, 0.6) is 0 Å². The van der Waals surface area contributed by atoms with Gasteiger partial charge in [-0.15, -0.1) is 0 Å². The molecule has 0 heterocycles. The molecule has 0 aliphatic rings. The molecule has 0 radical (unpaired) electrons. The molecule has 0 saturated carbocycles. The fourth-order valence-corrected chi connectivity index (χ4v) is 0.290. The SMILES string of the molecule is CCOCC(F)CF. The third-order valence-corrected chi connectivity index (χ3v) is 0.670. The highest BCUT2D eigenvalue weighted by atomic mass is 19.2. The van der Waals surface area contributed by atoms with Crippen LogP contribution in [0, 0.1) is 0 Å². The summed E-state index contributed by atoms with van der Waals surface area (Å²) in [5, 5.41) is 0. The zero-order chi connectivity index (χ0) is 6.41. The second kappa shape index (κ2) is 4.97. The van der Waals surface area contributed by atoms with E-state index in [1.165, 1.54) is 0 Å². The molecule has 1 atom stereocenters. The van der Waals surface area contributed by atoms with E-state index in [4.69, 9.17) is 0 Å². The van der Waals surface area contributed by atoms with Crippen LogP contribution in [0.3, 0.4) is 0 Å². The predicted molar refractivity (Wildman–Crippen MR) is 27.4 cm³/mol. The van der Waals surface area contributed by atoms with Crippen molar-refractivity contribution in [1.82, 2.24) is 0 Å². The van der Waals surface area contributed by atoms with E-state index in [-0.39, 0.29) is 6.61 Å². The van der Waals surface area contributed by atoms with E-state index in [1.807, 2.05) is 0 Å². The standard InChI is InChI=1S/C5H10F2O/c1-2-8-4-5(7)3-6/h5H,2-4H2,1H3. The third-order valence-electron chi connectivity index (χ3n) is 0.670. The molecule has 0 saturated heterocycles. The molecule has 0 spiro atoms. The number of alkyl halides is 2. The molecule has 1 unspecified atom stereocenters. The lowest BCUT2D eigenvalue weighted by atomic mass is 10.5. The summed E-state index contributed by atoms with van der Waals surface area (Å²) < 4.78 is 27.6. The Hall–Kier alpha value is -0.180. The maximum absolute atomic E-state index is 11.8. The molecular formula is C5H10F2O. The Bertz CT molecular complexity index is 49.7. The summed E-state index contributed by atoms with van der Waals surface area (Å²) in [5.41, 5.74) is 0. The van der Waals surface area contributed by atoms with Gasteiger partial charge in [0.15, 0.2) is 6.17 Å². The topological polar surface area (TPSA) is 9.23 Å². The van der Waals surface area contributed by atoms with Gasteiger partial charge in [0.1, 0.15) is 6.67 Å². The lowest BCUT2D eigenvalue weighted by Crippen LogP contribution is -2.11. The molecule has 0 N–H and O–H groups in total. The summed E-state index contributed by atoms with van der Waals surface area (Å²) >= 11 is 0. The van der Waals surface area contributed by atoms with Crippen molar-refractivity contribution in [1.29, 1.82) is 0 Å². The van der Waals surface area contributed by atoms with Gasteiger partial charge < -0.3 is 4.74 Å². The Morgan fingerprint density at radius 2 is 2.25 bits per heavy atom. The molecular weight excluding hydrogens is 114 g/mol. The van der Waals surface area contributed by atoms with Gasteiger partial charge in [0.05, 0.1) is 6.61 Å². The first-order valence-electron chi connectivity index (χ1n) is 2.59. The minimum Gasteiger partial charge on any atom is -0.379 e. The average molecular weight is 124 g/mol. The van der Waals surface area contributed by atoms with E-state index in [0.717, 1.165) is 0 Å². The molecule has 0 aromatic carbocycles. The van der Waals surface area contributed by atoms with Crippen LogP contribution in [0.4, 0.5) is 8.78 Å². The average Bonchev–Trinajstić information content (AvgIpc) is 1.83. The number of hydrogen-bond acceptors (Lipinski definition) is 1. The number of hydrogen-bond donors (Lipinski definition) is 0. The van der Waals surface area contributed by atoms with Crippen molar-refractivity contribution in [3.8, 4) is 0 Å². The fraction of sp³-hybridized carbons (Fsp3) is 1.00. The van der Waals surface area contributed by atoms with Crippen LogP contribution < -0.4 is 0 Å². The van der Waals surface area contributed by atoms with Crippen LogP contribution in [0.25, 0.3) is 0 Å². The first-order chi connectivity index (χ1) is 3.81. The van der Waals surface area contributed by atoms with E-state index in [2.05, 4.69) is 4.74 Å². The molecule has 8 heavy (non-hydrogen) atoms. The zero-order valence-corrected chi connectivity index (χ0v) is 4.86. The molecule has 0 amide bonds. The highest BCUT2D eigenvalue weighted by molar-refractivity contribution is 4.48. The van der Waals surface area contributed by atoms with Crippen LogP contribution in [-0.2, 0) is 4.74 Å². The van der Waals surface area contributed by atoms with Crippen LogP contribution in [0.1, 0.15) is 6.92 Å². The second-order valence-electron chi connectivity index (χ2n) is 1.41. The minimum absolute atomic E-state index is 0.118. The van der Waals surface area contributed by atoms with Crippen molar-refractivity contribution < 1.29 is 13.5 Å². The van der Waals surface area contributed by atoms with Gasteiger partial charge in [-0.2, -0.15) is 0 Å². The van der Waals surface area contributed by atoms with Crippen molar-refractivity contribution >= 4 is 0 Å². The summed E-state index contributed by atoms with van der Waals surface area (Å²) in [7, 11) is 0. The van der Waals surface area contributed by atoms with E-state index in [1.54, 1.807) is 6.92 Å². The molecule has 0 aromatic heterocycles. The summed E-state index contributed by atoms with van der Waals surface area (Å²) in [5.74, 6) is 0. The molecule has 0 rings (SSSR count). The fourth-order valence-electron chi connectivity index (χ4n) is 0.290. The van der Waals surface area contributed by atoms with Gasteiger partial charge in [0.2, 0.25) is 0 Å². The van der Waals surface area contributed by atoms with Crippen LogP contribution in [0.2, 0.25) is 0 Å². The summed E-state index contributed by atoms with van der Waals surface area (Å²) in [6, 6.07) is 0. The van der Waals surface area contributed by atoms with Gasteiger partial charge >= 0.3 is 0 Å². The van der Waals surface area contributed by atoms with Crippen LogP contribution in [-0.4, -0.2) is 26.1 Å². The molecule has 0 aromatic rings. The monoisotopic (exact) mass is 124 g/mol. The Morgan fingerprint density at radius 1 is 1.62 bits per heavy atom. The lowest BCUT2D eigenvalue weighted by molar-refractivity contribution is 0.0776. The Kier molecular flexibility index (Phi) is 4.85. The van der Waals surface area contributed by atoms with Gasteiger partial charge in [-0.1, -0.05) is 0 Å². The van der Waals surface area contributed by atoms with Crippen molar-refractivity contribution in [2.45, 2.75) is 13.1 Å². The first-order valence-corrected chi connectivity index (χ1v) is 2.59. The molecule has 3 heteroatoms. The van der Waals surface area contributed by atoms with Crippen molar-refractivity contribution in [2.24, 2.45) is 0 Å². The summed E-state index contributed by atoms with van der Waals surface area (Å²) in [6.07, 6.45) is -1.44. The maximum atomic E-state index is 11.8. The van der Waals surface area contributed by atoms with Crippen LogP contribution >= 0.6 is 0 Å². The minimum atomic E-state index is -1.44. The van der Waals surface area contributed by atoms with Crippen LogP contribution in [0.15, 0.2) is 0 Å². The quantitative estimate of drug-likeness (QED) is 0.549. The molecule has 0 bridgehead atoms. The lowest BCUT2D eigenvalue weighted by Gasteiger charge is -2.00. The smallest absolute Gasteiger partial charge is 0.151 e. The number of halogens is 2. The van der Waals surface area contributed by atoms with E-state index in [0.29, 0.717) is 6.61 Å². The summed E-state index contributed by atoms with van der Waals surface area (Å²) in [6.45, 7) is 1.12.